The molecule has 0 heterocycles. The van der Waals surface area contributed by atoms with Gasteiger partial charge in [0.1, 0.15) is 6.10 Å². The maximum atomic E-state index is 12.8. The third kappa shape index (κ3) is 4.42. The zero-order chi connectivity index (χ0) is 20.4. The van der Waals surface area contributed by atoms with E-state index >= 15 is 0 Å². The maximum Gasteiger partial charge on any atom is 0.338 e. The molecular weight excluding hydrogens is 356 g/mol. The minimum atomic E-state index is -0.158. The quantitative estimate of drug-likeness (QED) is 0.516. The highest BCUT2D eigenvalue weighted by Gasteiger charge is 2.35. The first-order valence-corrected chi connectivity index (χ1v) is 11.4. The Kier molecular flexibility index (Phi) is 6.08. The standard InChI is InChI=1S/C27H34O2/c1-18(2)23-14-9-19(3)17-26(23)29-27(28)22-12-10-21(11-13-22)25-16-15-24(25)20-7-5-4-6-8-20/h4-8,10-13,18-19,23-26H,9,14-17H2,1-3H3. The molecule has 4 rings (SSSR count). The van der Waals surface area contributed by atoms with E-state index < -0.39 is 0 Å². The van der Waals surface area contributed by atoms with E-state index in [-0.39, 0.29) is 12.1 Å². The summed E-state index contributed by atoms with van der Waals surface area (Å²) < 4.78 is 6.01. The lowest BCUT2D eigenvalue weighted by Crippen LogP contribution is -2.35. The number of rotatable bonds is 5. The van der Waals surface area contributed by atoms with E-state index in [2.05, 4.69) is 63.2 Å². The van der Waals surface area contributed by atoms with E-state index in [1.165, 1.54) is 30.4 Å². The van der Waals surface area contributed by atoms with Gasteiger partial charge in [0.05, 0.1) is 5.56 Å². The largest absolute Gasteiger partial charge is 0.458 e. The molecule has 29 heavy (non-hydrogen) atoms. The first kappa shape index (κ1) is 20.2. The maximum absolute atomic E-state index is 12.8. The van der Waals surface area contributed by atoms with E-state index in [1.807, 2.05) is 12.1 Å². The van der Waals surface area contributed by atoms with Crippen molar-refractivity contribution < 1.29 is 9.53 Å². The van der Waals surface area contributed by atoms with Crippen molar-refractivity contribution in [2.45, 2.75) is 70.8 Å². The SMILES string of the molecule is CC1CCC(C(C)C)C(OC(=O)c2ccc(C3CCC3c3ccccc3)cc2)C1. The van der Waals surface area contributed by atoms with Crippen LogP contribution in [0.4, 0.5) is 0 Å². The molecule has 0 saturated heterocycles. The first-order chi connectivity index (χ1) is 14.0. The number of benzene rings is 2. The van der Waals surface area contributed by atoms with Crippen molar-refractivity contribution in [3.05, 3.63) is 71.3 Å². The van der Waals surface area contributed by atoms with Gasteiger partial charge in [-0.15, -0.1) is 0 Å². The van der Waals surface area contributed by atoms with Gasteiger partial charge in [-0.25, -0.2) is 4.79 Å². The molecule has 2 heteroatoms. The third-order valence-electron chi connectivity index (χ3n) is 7.30. The number of carbonyl (C=O) groups excluding carboxylic acids is 1. The van der Waals surface area contributed by atoms with Crippen molar-refractivity contribution in [3.8, 4) is 0 Å². The van der Waals surface area contributed by atoms with Crippen LogP contribution in [-0.2, 0) is 4.74 Å². The van der Waals surface area contributed by atoms with Gasteiger partial charge in [-0.3, -0.25) is 0 Å². The lowest BCUT2D eigenvalue weighted by Gasteiger charge is -2.38. The summed E-state index contributed by atoms with van der Waals surface area (Å²) in [4.78, 5) is 12.8. The highest BCUT2D eigenvalue weighted by atomic mass is 16.5. The lowest BCUT2D eigenvalue weighted by molar-refractivity contribution is -0.0174. The second-order valence-electron chi connectivity index (χ2n) is 9.59. The molecule has 0 bridgehead atoms. The predicted molar refractivity (Wildman–Crippen MR) is 118 cm³/mol. The van der Waals surface area contributed by atoms with E-state index in [0.29, 0.717) is 35.2 Å². The zero-order valence-electron chi connectivity index (χ0n) is 18.0. The topological polar surface area (TPSA) is 26.3 Å². The molecule has 2 nitrogen and oxygen atoms in total. The zero-order valence-corrected chi connectivity index (χ0v) is 18.0. The Balaban J connectivity index is 1.42. The van der Waals surface area contributed by atoms with Crippen LogP contribution in [-0.4, -0.2) is 12.1 Å². The molecule has 0 N–H and O–H groups in total. The van der Waals surface area contributed by atoms with Crippen molar-refractivity contribution in [2.75, 3.05) is 0 Å². The van der Waals surface area contributed by atoms with Crippen LogP contribution in [0, 0.1) is 17.8 Å². The highest BCUT2D eigenvalue weighted by Crippen LogP contribution is 2.49. The summed E-state index contributed by atoms with van der Waals surface area (Å²) in [5.41, 5.74) is 3.46. The number of carbonyl (C=O) groups is 1. The summed E-state index contributed by atoms with van der Waals surface area (Å²) >= 11 is 0. The molecule has 2 aromatic rings. The normalized spacial score (nSPS) is 29.3. The van der Waals surface area contributed by atoms with Crippen molar-refractivity contribution in [2.24, 2.45) is 17.8 Å². The van der Waals surface area contributed by atoms with Gasteiger partial charge in [0.25, 0.3) is 0 Å². The van der Waals surface area contributed by atoms with Gasteiger partial charge in [0.15, 0.2) is 0 Å². The number of ether oxygens (including phenoxy) is 1. The third-order valence-corrected chi connectivity index (χ3v) is 7.30. The smallest absolute Gasteiger partial charge is 0.338 e. The van der Waals surface area contributed by atoms with Crippen molar-refractivity contribution >= 4 is 5.97 Å². The molecule has 5 unspecified atom stereocenters. The Hall–Kier alpha value is -2.09. The van der Waals surface area contributed by atoms with Gasteiger partial charge in [-0.1, -0.05) is 69.7 Å². The fourth-order valence-electron chi connectivity index (χ4n) is 5.32. The van der Waals surface area contributed by atoms with Crippen LogP contribution in [0.25, 0.3) is 0 Å². The van der Waals surface area contributed by atoms with Gasteiger partial charge in [-0.2, -0.15) is 0 Å². The van der Waals surface area contributed by atoms with E-state index in [0.717, 1.165) is 12.8 Å². The Morgan fingerprint density at radius 3 is 2.07 bits per heavy atom. The molecule has 0 amide bonds. The number of esters is 1. The fraction of sp³-hybridized carbons (Fsp3) is 0.519. The van der Waals surface area contributed by atoms with Crippen LogP contribution in [0.2, 0.25) is 0 Å². The molecule has 2 fully saturated rings. The summed E-state index contributed by atoms with van der Waals surface area (Å²) in [6, 6.07) is 19.0. The second kappa shape index (κ2) is 8.73. The molecule has 0 spiro atoms. The van der Waals surface area contributed by atoms with Crippen LogP contribution >= 0.6 is 0 Å². The van der Waals surface area contributed by atoms with Gasteiger partial charge < -0.3 is 4.74 Å². The molecule has 154 valence electrons. The average molecular weight is 391 g/mol. The molecule has 5 atom stereocenters. The van der Waals surface area contributed by atoms with E-state index in [1.54, 1.807) is 0 Å². The Morgan fingerprint density at radius 2 is 1.48 bits per heavy atom. The highest BCUT2D eigenvalue weighted by molar-refractivity contribution is 5.89. The van der Waals surface area contributed by atoms with Gasteiger partial charge in [0, 0.05) is 0 Å². The van der Waals surface area contributed by atoms with E-state index in [9.17, 15) is 4.79 Å². The van der Waals surface area contributed by atoms with Crippen LogP contribution in [0.3, 0.4) is 0 Å². The predicted octanol–water partition coefficient (Wildman–Crippen LogP) is 6.97. The molecule has 0 aliphatic heterocycles. The summed E-state index contributed by atoms with van der Waals surface area (Å²) in [6.07, 6.45) is 5.93. The van der Waals surface area contributed by atoms with Crippen LogP contribution in [0.15, 0.2) is 54.6 Å². The Labute approximate surface area is 175 Å². The summed E-state index contributed by atoms with van der Waals surface area (Å²) in [7, 11) is 0. The van der Waals surface area contributed by atoms with Crippen LogP contribution < -0.4 is 0 Å². The Morgan fingerprint density at radius 1 is 0.862 bits per heavy atom. The van der Waals surface area contributed by atoms with Gasteiger partial charge in [0.2, 0.25) is 0 Å². The fourth-order valence-corrected chi connectivity index (χ4v) is 5.32. The summed E-state index contributed by atoms with van der Waals surface area (Å²) in [5.74, 6) is 2.68. The van der Waals surface area contributed by atoms with Gasteiger partial charge >= 0.3 is 5.97 Å². The molecule has 0 radical (unpaired) electrons. The molecule has 2 aromatic carbocycles. The first-order valence-electron chi connectivity index (χ1n) is 11.4. The van der Waals surface area contributed by atoms with Crippen LogP contribution in [0.5, 0.6) is 0 Å². The Bertz CT molecular complexity index is 808. The molecule has 0 aromatic heterocycles. The van der Waals surface area contributed by atoms with Crippen LogP contribution in [0.1, 0.15) is 86.2 Å². The number of hydrogen-bond acceptors (Lipinski definition) is 2. The molecule has 2 aliphatic carbocycles. The van der Waals surface area contributed by atoms with Gasteiger partial charge in [-0.05, 0) is 78.5 Å². The average Bonchev–Trinajstić information content (AvgIpc) is 2.68. The van der Waals surface area contributed by atoms with E-state index in [4.69, 9.17) is 4.74 Å². The van der Waals surface area contributed by atoms with Crippen molar-refractivity contribution in [1.82, 2.24) is 0 Å². The summed E-state index contributed by atoms with van der Waals surface area (Å²) in [6.45, 7) is 6.77. The monoisotopic (exact) mass is 390 g/mol. The molecule has 2 aliphatic rings. The summed E-state index contributed by atoms with van der Waals surface area (Å²) in [5, 5.41) is 0. The minimum Gasteiger partial charge on any atom is -0.458 e. The minimum absolute atomic E-state index is 0.0556. The number of hydrogen-bond donors (Lipinski definition) is 0. The lowest BCUT2D eigenvalue weighted by atomic mass is 9.67. The van der Waals surface area contributed by atoms with Crippen molar-refractivity contribution in [1.29, 1.82) is 0 Å². The second-order valence-corrected chi connectivity index (χ2v) is 9.59. The molecular formula is C27H34O2. The molecule has 2 saturated carbocycles. The van der Waals surface area contributed by atoms with Crippen molar-refractivity contribution in [3.63, 3.8) is 0 Å².